The number of ether oxygens (including phenoxy) is 1. The summed E-state index contributed by atoms with van der Waals surface area (Å²) in [6, 6.07) is 12.5. The largest absolute Gasteiger partial charge is 0.506 e. The number of nitrogens with one attached hydrogen (secondary N) is 2. The molecule has 3 N–H and O–H groups in total. The molecule has 0 saturated heterocycles. The summed E-state index contributed by atoms with van der Waals surface area (Å²) in [5, 5.41) is 12.4. The molecule has 0 aliphatic rings. The molecule has 3 rings (SSSR count). The van der Waals surface area contributed by atoms with E-state index in [2.05, 4.69) is 10.0 Å². The first-order chi connectivity index (χ1) is 16.9. The molecule has 0 bridgehead atoms. The molecule has 0 radical (unpaired) electrons. The van der Waals surface area contributed by atoms with Gasteiger partial charge in [0.2, 0.25) is 10.0 Å². The Labute approximate surface area is 204 Å². The summed E-state index contributed by atoms with van der Waals surface area (Å²) in [5.41, 5.74) is 0.148. The van der Waals surface area contributed by atoms with Crippen molar-refractivity contribution in [3.05, 3.63) is 71.8 Å². The van der Waals surface area contributed by atoms with E-state index >= 15 is 0 Å². The molecule has 36 heavy (non-hydrogen) atoms. The first-order valence-corrected chi connectivity index (χ1v) is 12.4. The van der Waals surface area contributed by atoms with E-state index in [1.54, 1.807) is 0 Å². The van der Waals surface area contributed by atoms with Crippen LogP contribution in [0.2, 0.25) is 0 Å². The van der Waals surface area contributed by atoms with Crippen LogP contribution in [-0.4, -0.2) is 39.0 Å². The number of carbonyl (C=O) groups excluding carboxylic acids is 1. The fourth-order valence-electron chi connectivity index (χ4n) is 3.20. The fraction of sp³-hybridized carbons (Fsp3) is 0.208. The number of hydrogen-bond donors (Lipinski definition) is 3. The molecule has 0 aliphatic heterocycles. The Bertz CT molecular complexity index is 1340. The lowest BCUT2D eigenvalue weighted by Gasteiger charge is -2.15. The minimum absolute atomic E-state index is 0.0201. The topological polar surface area (TPSA) is 105 Å². The third-order valence-corrected chi connectivity index (χ3v) is 5.44. The maximum atomic E-state index is 12.9. The minimum Gasteiger partial charge on any atom is -0.506 e. The van der Waals surface area contributed by atoms with Crippen LogP contribution >= 0.6 is 0 Å². The lowest BCUT2D eigenvalue weighted by molar-refractivity contribution is -0.137. The van der Waals surface area contributed by atoms with Gasteiger partial charge in [0.15, 0.2) is 0 Å². The van der Waals surface area contributed by atoms with Crippen molar-refractivity contribution >= 4 is 27.3 Å². The molecule has 0 unspecified atom stereocenters. The molecular weight excluding hydrogens is 504 g/mol. The average molecular weight is 527 g/mol. The number of rotatable bonds is 9. The van der Waals surface area contributed by atoms with Gasteiger partial charge in [-0.3, -0.25) is 13.9 Å². The van der Waals surface area contributed by atoms with Crippen LogP contribution in [0.3, 0.4) is 0 Å². The van der Waals surface area contributed by atoms with Gasteiger partial charge in [0, 0.05) is 23.2 Å². The first kappa shape index (κ1) is 26.8. The zero-order valence-electron chi connectivity index (χ0n) is 18.9. The van der Waals surface area contributed by atoms with Crippen LogP contribution in [0, 0.1) is 0 Å². The highest BCUT2D eigenvalue weighted by Crippen LogP contribution is 2.35. The summed E-state index contributed by atoms with van der Waals surface area (Å²) in [4.78, 5) is 12.8. The van der Waals surface area contributed by atoms with E-state index in [-0.39, 0.29) is 41.5 Å². The number of aromatic hydroxyl groups is 1. The highest BCUT2D eigenvalue weighted by atomic mass is 32.2. The molecular formula is C24H22F4N2O5S. The van der Waals surface area contributed by atoms with Crippen LogP contribution in [0.1, 0.15) is 22.3 Å². The number of anilines is 2. The van der Waals surface area contributed by atoms with E-state index in [0.29, 0.717) is 11.1 Å². The van der Waals surface area contributed by atoms with Gasteiger partial charge in [0.1, 0.15) is 11.5 Å². The molecule has 0 aromatic heterocycles. The molecule has 0 heterocycles. The predicted octanol–water partition coefficient (Wildman–Crippen LogP) is 5.44. The summed E-state index contributed by atoms with van der Waals surface area (Å²) in [7, 11) is -3.68. The second-order valence-electron chi connectivity index (χ2n) is 7.74. The second-order valence-corrected chi connectivity index (χ2v) is 9.49. The van der Waals surface area contributed by atoms with Crippen LogP contribution < -0.4 is 14.8 Å². The smallest absolute Gasteiger partial charge is 0.416 e. The lowest BCUT2D eigenvalue weighted by atomic mass is 10.0. The summed E-state index contributed by atoms with van der Waals surface area (Å²) in [5.74, 6) is -0.788. The van der Waals surface area contributed by atoms with Crippen molar-refractivity contribution in [2.45, 2.75) is 12.6 Å². The van der Waals surface area contributed by atoms with Gasteiger partial charge in [-0.05, 0) is 54.1 Å². The minimum atomic E-state index is -4.49. The number of sulfonamides is 1. The molecule has 0 saturated carbocycles. The van der Waals surface area contributed by atoms with Crippen LogP contribution in [0.5, 0.6) is 11.5 Å². The van der Waals surface area contributed by atoms with Gasteiger partial charge in [0.25, 0.3) is 5.91 Å². The molecule has 1 amide bonds. The van der Waals surface area contributed by atoms with Gasteiger partial charge in [-0.15, -0.1) is 0 Å². The molecule has 3 aromatic rings. The number of alkyl halides is 4. The van der Waals surface area contributed by atoms with Gasteiger partial charge in [-0.25, -0.2) is 8.42 Å². The number of phenols is 1. The molecule has 0 fully saturated rings. The summed E-state index contributed by atoms with van der Waals surface area (Å²) in [6.45, 7) is -0.659. The summed E-state index contributed by atoms with van der Waals surface area (Å²) in [6.07, 6.45) is -3.52. The summed E-state index contributed by atoms with van der Waals surface area (Å²) >= 11 is 0. The number of hydrogen-bond acceptors (Lipinski definition) is 5. The number of halogens is 4. The van der Waals surface area contributed by atoms with Crippen molar-refractivity contribution in [3.8, 4) is 22.6 Å². The van der Waals surface area contributed by atoms with E-state index < -0.39 is 34.3 Å². The predicted molar refractivity (Wildman–Crippen MR) is 127 cm³/mol. The molecule has 0 aliphatic carbocycles. The zero-order chi connectivity index (χ0) is 26.5. The molecule has 0 spiro atoms. The quantitative estimate of drug-likeness (QED) is 0.149. The van der Waals surface area contributed by atoms with Gasteiger partial charge in [-0.1, -0.05) is 12.1 Å². The van der Waals surface area contributed by atoms with Crippen molar-refractivity contribution in [2.24, 2.45) is 0 Å². The van der Waals surface area contributed by atoms with E-state index in [4.69, 9.17) is 4.74 Å². The standard InChI is InChI=1S/C24H22F4N2O5S/c1-36(33,34)30-20-14-18(8-10-21(20)31)29-23(32)16-5-9-19(22(13-16)35-12-2-11-25)15-3-6-17(7-4-15)24(26,27)28/h3-10,13-14,30-31H,2,11-12H2,1H3,(H,29,32). The van der Waals surface area contributed by atoms with Gasteiger partial charge in [-0.2, -0.15) is 13.2 Å². The Morgan fingerprint density at radius 1 is 1.03 bits per heavy atom. The molecule has 192 valence electrons. The third kappa shape index (κ3) is 7.11. The van der Waals surface area contributed by atoms with Crippen molar-refractivity contribution in [1.82, 2.24) is 0 Å². The molecule has 0 atom stereocenters. The summed E-state index contributed by atoms with van der Waals surface area (Å²) < 4.78 is 82.0. The van der Waals surface area contributed by atoms with Crippen LogP contribution in [0.15, 0.2) is 60.7 Å². The third-order valence-electron chi connectivity index (χ3n) is 4.85. The number of carbonyl (C=O) groups is 1. The first-order valence-electron chi connectivity index (χ1n) is 10.5. The van der Waals surface area contributed by atoms with Crippen molar-refractivity contribution in [1.29, 1.82) is 0 Å². The maximum Gasteiger partial charge on any atom is 0.416 e. The van der Waals surface area contributed by atoms with E-state index in [9.17, 15) is 35.9 Å². The van der Waals surface area contributed by atoms with Crippen LogP contribution in [-0.2, 0) is 16.2 Å². The van der Waals surface area contributed by atoms with Crippen LogP contribution in [0.4, 0.5) is 28.9 Å². The van der Waals surface area contributed by atoms with Crippen molar-refractivity contribution < 1.29 is 40.6 Å². The zero-order valence-corrected chi connectivity index (χ0v) is 19.7. The van der Waals surface area contributed by atoms with Gasteiger partial charge in [0.05, 0.1) is 30.8 Å². The number of phenolic OH excluding ortho intramolecular Hbond substituents is 1. The average Bonchev–Trinajstić information content (AvgIpc) is 2.80. The SMILES string of the molecule is CS(=O)(=O)Nc1cc(NC(=O)c2ccc(-c3ccc(C(F)(F)F)cc3)c(OCCCF)c2)ccc1O. The number of benzene rings is 3. The fourth-order valence-corrected chi connectivity index (χ4v) is 3.76. The maximum absolute atomic E-state index is 12.9. The molecule has 3 aromatic carbocycles. The highest BCUT2D eigenvalue weighted by molar-refractivity contribution is 7.92. The Morgan fingerprint density at radius 2 is 1.72 bits per heavy atom. The van der Waals surface area contributed by atoms with E-state index in [1.165, 1.54) is 48.5 Å². The lowest BCUT2D eigenvalue weighted by Crippen LogP contribution is -2.14. The highest BCUT2D eigenvalue weighted by Gasteiger charge is 2.30. The van der Waals surface area contributed by atoms with Crippen LogP contribution in [0.25, 0.3) is 11.1 Å². The Balaban J connectivity index is 1.89. The molecule has 7 nitrogen and oxygen atoms in total. The van der Waals surface area contributed by atoms with Gasteiger partial charge >= 0.3 is 6.18 Å². The Hall–Kier alpha value is -3.80. The monoisotopic (exact) mass is 526 g/mol. The van der Waals surface area contributed by atoms with E-state index in [0.717, 1.165) is 18.4 Å². The van der Waals surface area contributed by atoms with Crippen molar-refractivity contribution in [3.63, 3.8) is 0 Å². The molecule has 12 heteroatoms. The Kier molecular flexibility index (Phi) is 8.08. The second kappa shape index (κ2) is 10.9. The van der Waals surface area contributed by atoms with E-state index in [1.807, 2.05) is 0 Å². The van der Waals surface area contributed by atoms with Gasteiger partial charge < -0.3 is 15.2 Å². The number of amides is 1. The Morgan fingerprint density at radius 3 is 2.33 bits per heavy atom. The van der Waals surface area contributed by atoms with Crippen molar-refractivity contribution in [2.75, 3.05) is 29.6 Å². The normalized spacial score (nSPS) is 11.7.